The molecule has 4 nitrogen and oxygen atoms in total. The quantitative estimate of drug-likeness (QED) is 0.939. The lowest BCUT2D eigenvalue weighted by Gasteiger charge is -2.13. The maximum Gasteiger partial charge on any atom is 0.339 e. The number of carboxylic acids is 1. The Hall–Kier alpha value is -2.23. The predicted molar refractivity (Wildman–Crippen MR) is 79.7 cm³/mol. The van der Waals surface area contributed by atoms with E-state index in [2.05, 4.69) is 34.2 Å². The molecule has 0 aliphatic heterocycles. The first-order valence-corrected chi connectivity index (χ1v) is 7.23. The van der Waals surface area contributed by atoms with Crippen LogP contribution < -0.4 is 0 Å². The van der Waals surface area contributed by atoms with Gasteiger partial charge in [-0.2, -0.15) is 0 Å². The smallest absolute Gasteiger partial charge is 0.339 e. The molecule has 0 radical (unpaired) electrons. The molecule has 0 saturated heterocycles. The molecule has 1 N–H and O–H groups in total. The molecule has 0 bridgehead atoms. The van der Waals surface area contributed by atoms with Crippen molar-refractivity contribution in [1.29, 1.82) is 0 Å². The third kappa shape index (κ3) is 2.53. The molecule has 1 aromatic carbocycles. The largest absolute Gasteiger partial charge is 0.478 e. The monoisotopic (exact) mass is 282 g/mol. The minimum absolute atomic E-state index is 0.0710. The van der Waals surface area contributed by atoms with Gasteiger partial charge in [0.25, 0.3) is 0 Å². The van der Waals surface area contributed by atoms with Gasteiger partial charge in [0, 0.05) is 12.1 Å². The van der Waals surface area contributed by atoms with Gasteiger partial charge in [0.1, 0.15) is 5.82 Å². The average molecular weight is 282 g/mol. The summed E-state index contributed by atoms with van der Waals surface area (Å²) in [6.07, 6.45) is 3.32. The second kappa shape index (κ2) is 5.28. The third-order valence-corrected chi connectivity index (χ3v) is 4.03. The van der Waals surface area contributed by atoms with Gasteiger partial charge in [0.05, 0.1) is 11.3 Å². The highest BCUT2D eigenvalue weighted by molar-refractivity contribution is 5.88. The predicted octanol–water partition coefficient (Wildman–Crippen LogP) is 3.18. The number of nitrogens with zero attached hydrogens (tertiary/aromatic N) is 2. The van der Waals surface area contributed by atoms with Crippen LogP contribution in [0.1, 0.15) is 58.7 Å². The Kier molecular flexibility index (Phi) is 3.45. The molecule has 21 heavy (non-hydrogen) atoms. The number of benzene rings is 1. The second-order valence-electron chi connectivity index (χ2n) is 5.86. The molecule has 0 fully saturated rings. The Morgan fingerprint density at radius 2 is 1.86 bits per heavy atom. The molecule has 0 saturated carbocycles. The number of carboxylic acid groups (broad SMARTS) is 1. The van der Waals surface area contributed by atoms with Crippen LogP contribution in [0, 0.1) is 0 Å². The van der Waals surface area contributed by atoms with E-state index in [9.17, 15) is 9.90 Å². The standard InChI is InChI=1S/C17H18N2O2/c1-10(2)15-14(17(20)21)9-18-16(19-15)13-7-11-5-3-4-6-12(11)8-13/h3-6,9-10,13H,7-8H2,1-2H3,(H,20,21). The van der Waals surface area contributed by atoms with Gasteiger partial charge in [0.2, 0.25) is 0 Å². The van der Waals surface area contributed by atoms with Crippen molar-refractivity contribution in [3.63, 3.8) is 0 Å². The molecule has 0 spiro atoms. The summed E-state index contributed by atoms with van der Waals surface area (Å²) in [4.78, 5) is 20.1. The highest BCUT2D eigenvalue weighted by Gasteiger charge is 2.26. The van der Waals surface area contributed by atoms with Gasteiger partial charge in [0.15, 0.2) is 0 Å². The van der Waals surface area contributed by atoms with Crippen LogP contribution in [0.3, 0.4) is 0 Å². The number of aromatic nitrogens is 2. The number of hydrogen-bond donors (Lipinski definition) is 1. The van der Waals surface area contributed by atoms with Crippen molar-refractivity contribution in [2.24, 2.45) is 0 Å². The topological polar surface area (TPSA) is 63.1 Å². The van der Waals surface area contributed by atoms with E-state index in [4.69, 9.17) is 0 Å². The zero-order valence-corrected chi connectivity index (χ0v) is 12.2. The molecule has 1 heterocycles. The summed E-state index contributed by atoms with van der Waals surface area (Å²) in [5.74, 6) is 0.129. The lowest BCUT2D eigenvalue weighted by atomic mass is 10.0. The fourth-order valence-electron chi connectivity index (χ4n) is 2.95. The van der Waals surface area contributed by atoms with Gasteiger partial charge in [-0.25, -0.2) is 14.8 Å². The first-order chi connectivity index (χ1) is 10.1. The molecule has 0 atom stereocenters. The molecule has 0 amide bonds. The summed E-state index contributed by atoms with van der Waals surface area (Å²) >= 11 is 0. The Morgan fingerprint density at radius 3 is 2.38 bits per heavy atom. The van der Waals surface area contributed by atoms with Crippen LogP contribution in [-0.4, -0.2) is 21.0 Å². The van der Waals surface area contributed by atoms with Crippen molar-refractivity contribution in [2.75, 3.05) is 0 Å². The Morgan fingerprint density at radius 1 is 1.24 bits per heavy atom. The molecule has 1 aromatic heterocycles. The molecular weight excluding hydrogens is 264 g/mol. The van der Waals surface area contributed by atoms with Crippen molar-refractivity contribution < 1.29 is 9.90 Å². The van der Waals surface area contributed by atoms with Crippen LogP contribution in [0.15, 0.2) is 30.5 Å². The first kappa shape index (κ1) is 13.7. The van der Waals surface area contributed by atoms with Crippen molar-refractivity contribution in [3.8, 4) is 0 Å². The summed E-state index contributed by atoms with van der Waals surface area (Å²) in [7, 11) is 0. The molecule has 2 aromatic rings. The minimum atomic E-state index is -0.958. The molecular formula is C17H18N2O2. The molecule has 1 aliphatic rings. The normalized spacial score (nSPS) is 14.4. The fraction of sp³-hybridized carbons (Fsp3) is 0.353. The van der Waals surface area contributed by atoms with Crippen LogP contribution in [-0.2, 0) is 12.8 Å². The van der Waals surface area contributed by atoms with Crippen LogP contribution in [0.4, 0.5) is 0 Å². The van der Waals surface area contributed by atoms with Gasteiger partial charge in [-0.05, 0) is 29.9 Å². The van der Waals surface area contributed by atoms with E-state index in [1.807, 2.05) is 13.8 Å². The van der Waals surface area contributed by atoms with Crippen molar-refractivity contribution in [1.82, 2.24) is 9.97 Å². The van der Waals surface area contributed by atoms with E-state index < -0.39 is 5.97 Å². The first-order valence-electron chi connectivity index (χ1n) is 7.23. The maximum atomic E-state index is 11.3. The summed E-state index contributed by atoms with van der Waals surface area (Å²) in [5.41, 5.74) is 3.53. The van der Waals surface area contributed by atoms with E-state index in [0.29, 0.717) is 5.69 Å². The van der Waals surface area contributed by atoms with Gasteiger partial charge in [-0.15, -0.1) is 0 Å². The molecule has 4 heteroatoms. The van der Waals surface area contributed by atoms with Crippen LogP contribution in [0.2, 0.25) is 0 Å². The number of carbonyl (C=O) groups is 1. The van der Waals surface area contributed by atoms with E-state index in [0.717, 1.165) is 18.7 Å². The number of aromatic carboxylic acids is 1. The summed E-state index contributed by atoms with van der Waals surface area (Å²) in [6, 6.07) is 8.39. The molecule has 1 aliphatic carbocycles. The van der Waals surface area contributed by atoms with Crippen molar-refractivity contribution >= 4 is 5.97 Å². The van der Waals surface area contributed by atoms with Gasteiger partial charge in [-0.1, -0.05) is 38.1 Å². The Labute approximate surface area is 123 Å². The number of fused-ring (bicyclic) bond motifs is 1. The lowest BCUT2D eigenvalue weighted by Crippen LogP contribution is -2.13. The van der Waals surface area contributed by atoms with Gasteiger partial charge >= 0.3 is 5.97 Å². The SMILES string of the molecule is CC(C)c1nc(C2Cc3ccccc3C2)ncc1C(=O)O. The molecule has 3 rings (SSSR count). The van der Waals surface area contributed by atoms with E-state index in [-0.39, 0.29) is 17.4 Å². The highest BCUT2D eigenvalue weighted by Crippen LogP contribution is 2.32. The summed E-state index contributed by atoms with van der Waals surface area (Å²) in [5, 5.41) is 9.23. The minimum Gasteiger partial charge on any atom is -0.478 e. The van der Waals surface area contributed by atoms with E-state index in [1.54, 1.807) is 0 Å². The Balaban J connectivity index is 1.95. The average Bonchev–Trinajstić information content (AvgIpc) is 2.90. The summed E-state index contributed by atoms with van der Waals surface area (Å²) < 4.78 is 0. The lowest BCUT2D eigenvalue weighted by molar-refractivity contribution is 0.0694. The number of rotatable bonds is 3. The third-order valence-electron chi connectivity index (χ3n) is 4.03. The summed E-state index contributed by atoms with van der Waals surface area (Å²) in [6.45, 7) is 3.92. The molecule has 108 valence electrons. The number of hydrogen-bond acceptors (Lipinski definition) is 3. The fourth-order valence-corrected chi connectivity index (χ4v) is 2.95. The van der Waals surface area contributed by atoms with Crippen LogP contribution in [0.5, 0.6) is 0 Å². The maximum absolute atomic E-state index is 11.3. The molecule has 0 unspecified atom stereocenters. The van der Waals surface area contributed by atoms with Gasteiger partial charge < -0.3 is 5.11 Å². The highest BCUT2D eigenvalue weighted by atomic mass is 16.4. The van der Waals surface area contributed by atoms with E-state index in [1.165, 1.54) is 17.3 Å². The Bertz CT molecular complexity index is 670. The van der Waals surface area contributed by atoms with Crippen molar-refractivity contribution in [2.45, 2.75) is 38.5 Å². The van der Waals surface area contributed by atoms with E-state index >= 15 is 0 Å². The zero-order valence-electron chi connectivity index (χ0n) is 12.2. The second-order valence-corrected chi connectivity index (χ2v) is 5.86. The van der Waals surface area contributed by atoms with Crippen molar-refractivity contribution in [3.05, 3.63) is 58.7 Å². The van der Waals surface area contributed by atoms with Gasteiger partial charge in [-0.3, -0.25) is 0 Å². The zero-order chi connectivity index (χ0) is 15.0. The van der Waals surface area contributed by atoms with Crippen LogP contribution in [0.25, 0.3) is 0 Å². The van der Waals surface area contributed by atoms with Crippen LogP contribution >= 0.6 is 0 Å².